The Morgan fingerprint density at radius 1 is 0.950 bits per heavy atom. The predicted octanol–water partition coefficient (Wildman–Crippen LogP) is 2.32. The van der Waals surface area contributed by atoms with Gasteiger partial charge in [0.15, 0.2) is 0 Å². The fourth-order valence-corrected chi connectivity index (χ4v) is 2.78. The molecule has 1 aromatic carbocycles. The van der Waals surface area contributed by atoms with E-state index in [0.717, 1.165) is 25.9 Å². The van der Waals surface area contributed by atoms with Crippen LogP contribution in [0.1, 0.15) is 25.7 Å². The zero-order valence-corrected chi connectivity index (χ0v) is 11.4. The Hall–Kier alpha value is -2.10. The maximum Gasteiger partial charge on any atom is 0.262 e. The van der Waals surface area contributed by atoms with Crippen molar-refractivity contribution in [1.82, 2.24) is 4.90 Å². The summed E-state index contributed by atoms with van der Waals surface area (Å²) in [5, 5.41) is 0. The largest absolute Gasteiger partial charge is 0.377 e. The molecule has 2 heterocycles. The van der Waals surface area contributed by atoms with E-state index in [1.54, 1.807) is 12.1 Å². The van der Waals surface area contributed by atoms with E-state index >= 15 is 0 Å². The molecule has 104 valence electrons. The lowest BCUT2D eigenvalue weighted by Gasteiger charge is -2.25. The summed E-state index contributed by atoms with van der Waals surface area (Å²) in [7, 11) is 0. The molecular formula is C16H18N2O2. The summed E-state index contributed by atoms with van der Waals surface area (Å²) in [6.07, 6.45) is 5.68. The zero-order valence-electron chi connectivity index (χ0n) is 11.4. The third-order valence-corrected chi connectivity index (χ3v) is 3.81. The molecule has 2 amide bonds. The van der Waals surface area contributed by atoms with E-state index in [0.29, 0.717) is 11.3 Å². The molecule has 0 saturated carbocycles. The highest BCUT2D eigenvalue weighted by Crippen LogP contribution is 2.26. The van der Waals surface area contributed by atoms with Crippen LogP contribution in [0.2, 0.25) is 0 Å². The van der Waals surface area contributed by atoms with Crippen LogP contribution < -0.4 is 4.90 Å². The molecule has 20 heavy (non-hydrogen) atoms. The number of carbonyl (C=O) groups excluding carboxylic acids is 2. The summed E-state index contributed by atoms with van der Waals surface area (Å²) in [5.41, 5.74) is 1.27. The number of imide groups is 1. The van der Waals surface area contributed by atoms with Gasteiger partial charge in [0.2, 0.25) is 5.91 Å². The zero-order chi connectivity index (χ0) is 13.9. The molecule has 4 nitrogen and oxygen atoms in total. The molecule has 4 heteroatoms. The Morgan fingerprint density at radius 3 is 2.35 bits per heavy atom. The molecule has 0 unspecified atom stereocenters. The van der Waals surface area contributed by atoms with Gasteiger partial charge in [-0.1, -0.05) is 18.2 Å². The highest BCUT2D eigenvalue weighted by Gasteiger charge is 2.35. The van der Waals surface area contributed by atoms with Gasteiger partial charge in [0.05, 0.1) is 12.1 Å². The number of piperidine rings is 1. The molecule has 2 fully saturated rings. The van der Waals surface area contributed by atoms with Crippen LogP contribution in [-0.2, 0) is 9.59 Å². The summed E-state index contributed by atoms with van der Waals surface area (Å²) in [6.45, 7) is 1.96. The van der Waals surface area contributed by atoms with E-state index < -0.39 is 0 Å². The van der Waals surface area contributed by atoms with Gasteiger partial charge in [-0.25, -0.2) is 4.90 Å². The van der Waals surface area contributed by atoms with Crippen molar-refractivity contribution >= 4 is 17.5 Å². The summed E-state index contributed by atoms with van der Waals surface area (Å²) in [5.74, 6) is -0.309. The van der Waals surface area contributed by atoms with Gasteiger partial charge < -0.3 is 4.90 Å². The van der Waals surface area contributed by atoms with Crippen molar-refractivity contribution in [2.45, 2.75) is 25.7 Å². The fourth-order valence-electron chi connectivity index (χ4n) is 2.78. The highest BCUT2D eigenvalue weighted by atomic mass is 16.2. The smallest absolute Gasteiger partial charge is 0.262 e. The van der Waals surface area contributed by atoms with Crippen molar-refractivity contribution in [1.29, 1.82) is 0 Å². The van der Waals surface area contributed by atoms with Crippen molar-refractivity contribution in [3.8, 4) is 0 Å². The van der Waals surface area contributed by atoms with E-state index in [1.165, 1.54) is 11.3 Å². The Labute approximate surface area is 118 Å². The van der Waals surface area contributed by atoms with Crippen LogP contribution in [0.3, 0.4) is 0 Å². The topological polar surface area (TPSA) is 40.6 Å². The molecule has 2 aliphatic rings. The lowest BCUT2D eigenvalue weighted by molar-refractivity contribution is -0.120. The van der Waals surface area contributed by atoms with Gasteiger partial charge in [-0.15, -0.1) is 0 Å². The maximum absolute atomic E-state index is 12.4. The quantitative estimate of drug-likeness (QED) is 0.611. The highest BCUT2D eigenvalue weighted by molar-refractivity contribution is 6.28. The van der Waals surface area contributed by atoms with Gasteiger partial charge in [0.1, 0.15) is 0 Å². The SMILES string of the molecule is O=C1C/C(=C\N2CCCCC2)C(=O)N1c1ccccc1. The van der Waals surface area contributed by atoms with Crippen LogP contribution in [0, 0.1) is 0 Å². The Kier molecular flexibility index (Phi) is 3.54. The van der Waals surface area contributed by atoms with E-state index in [2.05, 4.69) is 4.90 Å². The number of hydrogen-bond donors (Lipinski definition) is 0. The third kappa shape index (κ3) is 2.46. The fraction of sp³-hybridized carbons (Fsp3) is 0.375. The molecule has 0 aliphatic carbocycles. The second-order valence-electron chi connectivity index (χ2n) is 5.30. The van der Waals surface area contributed by atoms with Crippen molar-refractivity contribution in [2.24, 2.45) is 0 Å². The number of para-hydroxylation sites is 1. The molecule has 3 rings (SSSR count). The number of nitrogens with zero attached hydrogens (tertiary/aromatic N) is 2. The molecule has 0 spiro atoms. The van der Waals surface area contributed by atoms with Crippen LogP contribution in [0.25, 0.3) is 0 Å². The van der Waals surface area contributed by atoms with E-state index in [9.17, 15) is 9.59 Å². The van der Waals surface area contributed by atoms with Gasteiger partial charge in [0, 0.05) is 24.9 Å². The second kappa shape index (κ2) is 5.49. The minimum Gasteiger partial charge on any atom is -0.377 e. The van der Waals surface area contributed by atoms with Crippen LogP contribution in [-0.4, -0.2) is 29.8 Å². The number of anilines is 1. The standard InChI is InChI=1S/C16H18N2O2/c19-15-11-13(12-17-9-5-2-6-10-17)16(20)18(15)14-7-3-1-4-8-14/h1,3-4,7-8,12H,2,5-6,9-11H2/b13-12+. The number of benzene rings is 1. The maximum atomic E-state index is 12.4. The van der Waals surface area contributed by atoms with Gasteiger partial charge in [-0.2, -0.15) is 0 Å². The third-order valence-electron chi connectivity index (χ3n) is 3.81. The molecular weight excluding hydrogens is 252 g/mol. The van der Waals surface area contributed by atoms with Gasteiger partial charge in [-0.05, 0) is 31.4 Å². The van der Waals surface area contributed by atoms with Crippen molar-refractivity contribution in [3.05, 3.63) is 42.1 Å². The molecule has 2 aliphatic heterocycles. The molecule has 1 aromatic rings. The van der Waals surface area contributed by atoms with Crippen molar-refractivity contribution < 1.29 is 9.59 Å². The van der Waals surface area contributed by atoms with Crippen molar-refractivity contribution in [2.75, 3.05) is 18.0 Å². The average molecular weight is 270 g/mol. The first-order valence-electron chi connectivity index (χ1n) is 7.13. The summed E-state index contributed by atoms with van der Waals surface area (Å²) < 4.78 is 0. The molecule has 0 N–H and O–H groups in total. The number of likely N-dealkylation sites (tertiary alicyclic amines) is 1. The lowest BCUT2D eigenvalue weighted by Crippen LogP contribution is -2.29. The van der Waals surface area contributed by atoms with Crippen LogP contribution in [0.5, 0.6) is 0 Å². The average Bonchev–Trinajstić information content (AvgIpc) is 2.75. The first-order chi connectivity index (χ1) is 9.75. The van der Waals surface area contributed by atoms with Gasteiger partial charge in [0.25, 0.3) is 5.91 Å². The lowest BCUT2D eigenvalue weighted by atomic mass is 10.1. The first kappa shape index (κ1) is 12.9. The summed E-state index contributed by atoms with van der Waals surface area (Å²) in [4.78, 5) is 27.9. The molecule has 0 aromatic heterocycles. The number of hydrogen-bond acceptors (Lipinski definition) is 3. The monoisotopic (exact) mass is 270 g/mol. The molecule has 2 saturated heterocycles. The number of amides is 2. The number of carbonyl (C=O) groups is 2. The van der Waals surface area contributed by atoms with Gasteiger partial charge >= 0.3 is 0 Å². The van der Waals surface area contributed by atoms with E-state index in [1.807, 2.05) is 24.4 Å². The van der Waals surface area contributed by atoms with E-state index in [4.69, 9.17) is 0 Å². The summed E-state index contributed by atoms with van der Waals surface area (Å²) >= 11 is 0. The summed E-state index contributed by atoms with van der Waals surface area (Å²) in [6, 6.07) is 9.13. The molecule has 0 atom stereocenters. The van der Waals surface area contributed by atoms with E-state index in [-0.39, 0.29) is 18.2 Å². The Bertz CT molecular complexity index is 545. The van der Waals surface area contributed by atoms with Crippen LogP contribution in [0.15, 0.2) is 42.1 Å². The van der Waals surface area contributed by atoms with Crippen LogP contribution in [0.4, 0.5) is 5.69 Å². The minimum atomic E-state index is -0.174. The first-order valence-corrected chi connectivity index (χ1v) is 7.13. The Morgan fingerprint density at radius 2 is 1.65 bits per heavy atom. The number of rotatable bonds is 2. The molecule has 0 bridgehead atoms. The second-order valence-corrected chi connectivity index (χ2v) is 5.30. The molecule has 0 radical (unpaired) electrons. The van der Waals surface area contributed by atoms with Crippen LogP contribution >= 0.6 is 0 Å². The normalized spacial score (nSPS) is 21.9. The minimum absolute atomic E-state index is 0.135. The van der Waals surface area contributed by atoms with Gasteiger partial charge in [-0.3, -0.25) is 9.59 Å². The predicted molar refractivity (Wildman–Crippen MR) is 77.1 cm³/mol. The van der Waals surface area contributed by atoms with Crippen molar-refractivity contribution in [3.63, 3.8) is 0 Å². The Balaban J connectivity index is 1.81.